The second kappa shape index (κ2) is 8.53. The van der Waals surface area contributed by atoms with E-state index in [0.717, 1.165) is 6.42 Å². The highest BCUT2D eigenvalue weighted by Gasteiger charge is 2.11. The number of nitrogens with two attached hydrogens (primary N) is 1. The summed E-state index contributed by atoms with van der Waals surface area (Å²) in [5.74, 6) is 0.303. The Morgan fingerprint density at radius 1 is 1.47 bits per heavy atom. The molecule has 4 N–H and O–H groups in total. The van der Waals surface area contributed by atoms with Gasteiger partial charge in [0.1, 0.15) is 5.84 Å². The third-order valence-corrected chi connectivity index (χ3v) is 2.59. The zero-order chi connectivity index (χ0) is 11.7. The molecule has 4 heteroatoms. The smallest absolute Gasteiger partial charge is 0.140 e. The number of hydrogen-bond acceptors (Lipinski definition) is 3. The maximum atomic E-state index is 8.49. The molecule has 0 aliphatic carbocycles. The summed E-state index contributed by atoms with van der Waals surface area (Å²) in [6.45, 7) is 6.49. The lowest BCUT2D eigenvalue weighted by Crippen LogP contribution is -2.38. The molecule has 0 spiro atoms. The fourth-order valence-electron chi connectivity index (χ4n) is 1.61. The van der Waals surface area contributed by atoms with Gasteiger partial charge in [-0.1, -0.05) is 31.8 Å². The third-order valence-electron chi connectivity index (χ3n) is 2.59. The Kier molecular flexibility index (Phi) is 8.09. The van der Waals surface area contributed by atoms with Crippen LogP contribution >= 0.6 is 0 Å². The van der Waals surface area contributed by atoms with Crippen molar-refractivity contribution in [2.24, 2.45) is 10.9 Å². The second-order valence-corrected chi connectivity index (χ2v) is 4.11. The van der Waals surface area contributed by atoms with Gasteiger partial charge in [0.25, 0.3) is 0 Å². The predicted octanol–water partition coefficient (Wildman–Crippen LogP) is 2.07. The molecule has 0 aromatic carbocycles. The summed E-state index contributed by atoms with van der Waals surface area (Å²) in [6.07, 6.45) is 5.26. The molecule has 0 fully saturated rings. The van der Waals surface area contributed by atoms with Crippen LogP contribution in [0.4, 0.5) is 0 Å². The number of amidine groups is 1. The summed E-state index contributed by atoms with van der Waals surface area (Å²) in [5, 5.41) is 15.0. The molecule has 0 heterocycles. The normalized spacial score (nSPS) is 16.3. The first kappa shape index (κ1) is 14.2. The van der Waals surface area contributed by atoms with E-state index in [-0.39, 0.29) is 0 Å². The number of nitrogens with zero attached hydrogens (tertiary/aromatic N) is 1. The van der Waals surface area contributed by atoms with Crippen LogP contribution in [0.1, 0.15) is 52.9 Å². The summed E-state index contributed by atoms with van der Waals surface area (Å²) >= 11 is 0. The minimum absolute atomic E-state index is 0.303. The van der Waals surface area contributed by atoms with Gasteiger partial charge in [0, 0.05) is 18.5 Å². The fourth-order valence-corrected chi connectivity index (χ4v) is 1.61. The topological polar surface area (TPSA) is 70.6 Å². The van der Waals surface area contributed by atoms with E-state index in [4.69, 9.17) is 10.9 Å². The second-order valence-electron chi connectivity index (χ2n) is 4.11. The number of unbranched alkanes of at least 4 members (excludes halogenated alkanes) is 1. The molecule has 0 rings (SSSR count). The lowest BCUT2D eigenvalue weighted by Gasteiger charge is -2.21. The molecule has 0 bridgehead atoms. The first-order chi connectivity index (χ1) is 7.13. The monoisotopic (exact) mass is 215 g/mol. The summed E-state index contributed by atoms with van der Waals surface area (Å²) in [4.78, 5) is 0. The molecule has 0 radical (unpaired) electrons. The number of nitrogens with one attached hydrogen (secondary N) is 1. The van der Waals surface area contributed by atoms with E-state index in [2.05, 4.69) is 31.2 Å². The Balaban J connectivity index is 3.87. The molecular weight excluding hydrogens is 190 g/mol. The Morgan fingerprint density at radius 2 is 2.13 bits per heavy atom. The first-order valence-electron chi connectivity index (χ1n) is 5.86. The summed E-state index contributed by atoms with van der Waals surface area (Å²) < 4.78 is 0. The summed E-state index contributed by atoms with van der Waals surface area (Å²) in [5.41, 5.74) is 5.49. The van der Waals surface area contributed by atoms with E-state index < -0.39 is 0 Å². The van der Waals surface area contributed by atoms with Gasteiger partial charge in [-0.15, -0.1) is 0 Å². The summed E-state index contributed by atoms with van der Waals surface area (Å²) in [7, 11) is 0. The van der Waals surface area contributed by atoms with Crippen molar-refractivity contribution in [3.05, 3.63) is 0 Å². The number of rotatable bonds is 8. The van der Waals surface area contributed by atoms with Crippen molar-refractivity contribution in [1.82, 2.24) is 5.32 Å². The van der Waals surface area contributed by atoms with Crippen LogP contribution in [0.3, 0.4) is 0 Å². The molecule has 2 atom stereocenters. The van der Waals surface area contributed by atoms with Crippen molar-refractivity contribution in [3.63, 3.8) is 0 Å². The Labute approximate surface area is 92.9 Å². The van der Waals surface area contributed by atoms with E-state index in [1.165, 1.54) is 19.3 Å². The van der Waals surface area contributed by atoms with Gasteiger partial charge < -0.3 is 16.3 Å². The predicted molar refractivity (Wildman–Crippen MR) is 64.2 cm³/mol. The molecule has 0 saturated carbocycles. The van der Waals surface area contributed by atoms with Crippen molar-refractivity contribution in [2.75, 3.05) is 0 Å². The van der Waals surface area contributed by atoms with Crippen LogP contribution < -0.4 is 11.1 Å². The van der Waals surface area contributed by atoms with E-state index in [9.17, 15) is 0 Å². The van der Waals surface area contributed by atoms with Gasteiger partial charge in [0.2, 0.25) is 0 Å². The van der Waals surface area contributed by atoms with Crippen LogP contribution in [0.2, 0.25) is 0 Å². The highest BCUT2D eigenvalue weighted by Crippen LogP contribution is 2.04. The van der Waals surface area contributed by atoms with Gasteiger partial charge in [0.05, 0.1) is 0 Å². The maximum absolute atomic E-state index is 8.49. The standard InChI is InChI=1S/C11H25N3O/c1-4-6-7-9(3)13-10(5-2)8-11(12)14-15/h9-10,13,15H,4-8H2,1-3H3,(H2,12,14). The molecule has 0 saturated heterocycles. The quantitative estimate of drug-likeness (QED) is 0.251. The van der Waals surface area contributed by atoms with Gasteiger partial charge in [-0.2, -0.15) is 0 Å². The lowest BCUT2D eigenvalue weighted by molar-refractivity contribution is 0.314. The molecule has 90 valence electrons. The molecule has 0 aliphatic rings. The van der Waals surface area contributed by atoms with E-state index in [0.29, 0.717) is 24.3 Å². The Morgan fingerprint density at radius 3 is 2.60 bits per heavy atom. The van der Waals surface area contributed by atoms with E-state index in [1.54, 1.807) is 0 Å². The van der Waals surface area contributed by atoms with Gasteiger partial charge >= 0.3 is 0 Å². The van der Waals surface area contributed by atoms with Crippen molar-refractivity contribution in [3.8, 4) is 0 Å². The zero-order valence-electron chi connectivity index (χ0n) is 10.2. The van der Waals surface area contributed by atoms with Crippen LogP contribution in [0.15, 0.2) is 5.16 Å². The minimum atomic E-state index is 0.303. The first-order valence-corrected chi connectivity index (χ1v) is 5.86. The lowest BCUT2D eigenvalue weighted by atomic mass is 10.1. The molecule has 0 amide bonds. The molecular formula is C11H25N3O. The van der Waals surface area contributed by atoms with Gasteiger partial charge in [-0.25, -0.2) is 0 Å². The van der Waals surface area contributed by atoms with Crippen LogP contribution in [-0.4, -0.2) is 23.1 Å². The maximum Gasteiger partial charge on any atom is 0.140 e. The zero-order valence-corrected chi connectivity index (χ0v) is 10.2. The highest BCUT2D eigenvalue weighted by molar-refractivity contribution is 5.80. The molecule has 0 aliphatic heterocycles. The Bertz CT molecular complexity index is 183. The summed E-state index contributed by atoms with van der Waals surface area (Å²) in [6, 6.07) is 0.814. The SMILES string of the molecule is CCCCC(C)NC(CC)CC(N)=NO. The molecule has 0 aromatic rings. The minimum Gasteiger partial charge on any atom is -0.409 e. The van der Waals surface area contributed by atoms with Gasteiger partial charge in [-0.05, 0) is 19.8 Å². The third kappa shape index (κ3) is 7.19. The average Bonchev–Trinajstić information content (AvgIpc) is 2.25. The van der Waals surface area contributed by atoms with Crippen LogP contribution in [0.25, 0.3) is 0 Å². The molecule has 4 nitrogen and oxygen atoms in total. The van der Waals surface area contributed by atoms with Crippen molar-refractivity contribution in [1.29, 1.82) is 0 Å². The molecule has 0 aromatic heterocycles. The van der Waals surface area contributed by atoms with Crippen LogP contribution in [0.5, 0.6) is 0 Å². The highest BCUT2D eigenvalue weighted by atomic mass is 16.4. The van der Waals surface area contributed by atoms with Gasteiger partial charge in [0.15, 0.2) is 0 Å². The van der Waals surface area contributed by atoms with Crippen molar-refractivity contribution < 1.29 is 5.21 Å². The van der Waals surface area contributed by atoms with Crippen molar-refractivity contribution in [2.45, 2.75) is 65.0 Å². The average molecular weight is 215 g/mol. The van der Waals surface area contributed by atoms with Crippen LogP contribution in [-0.2, 0) is 0 Å². The fraction of sp³-hybridized carbons (Fsp3) is 0.909. The Hall–Kier alpha value is -0.770. The van der Waals surface area contributed by atoms with Crippen molar-refractivity contribution >= 4 is 5.84 Å². The number of oxime groups is 1. The van der Waals surface area contributed by atoms with E-state index >= 15 is 0 Å². The number of hydrogen-bond donors (Lipinski definition) is 3. The largest absolute Gasteiger partial charge is 0.409 e. The van der Waals surface area contributed by atoms with Gasteiger partial charge in [-0.3, -0.25) is 0 Å². The van der Waals surface area contributed by atoms with E-state index in [1.807, 2.05) is 0 Å². The molecule has 2 unspecified atom stereocenters. The van der Waals surface area contributed by atoms with Crippen LogP contribution in [0, 0.1) is 0 Å². The molecule has 15 heavy (non-hydrogen) atoms.